The summed E-state index contributed by atoms with van der Waals surface area (Å²) in [5.41, 5.74) is 3.06. The highest BCUT2D eigenvalue weighted by Crippen LogP contribution is 2.38. The predicted octanol–water partition coefficient (Wildman–Crippen LogP) is 4.01. The highest BCUT2D eigenvalue weighted by atomic mass is 32.1. The number of amides is 3. The summed E-state index contributed by atoms with van der Waals surface area (Å²) in [6.45, 7) is 1.25. The fourth-order valence-electron chi connectivity index (χ4n) is 4.39. The smallest absolute Gasteiger partial charge is 0.338 e. The maximum atomic E-state index is 13.0. The van der Waals surface area contributed by atoms with E-state index in [-0.39, 0.29) is 16.7 Å². The zero-order chi connectivity index (χ0) is 24.7. The van der Waals surface area contributed by atoms with Crippen LogP contribution in [0.4, 0.5) is 10.7 Å². The molecule has 8 nitrogen and oxygen atoms in total. The summed E-state index contributed by atoms with van der Waals surface area (Å²) >= 11 is 1.38. The Morgan fingerprint density at radius 3 is 2.66 bits per heavy atom. The molecular formula is C26H19N3O5S. The van der Waals surface area contributed by atoms with Crippen LogP contribution in [0.15, 0.2) is 42.5 Å². The molecule has 3 aromatic rings. The van der Waals surface area contributed by atoms with Crippen LogP contribution in [0.1, 0.15) is 59.1 Å². The first-order chi connectivity index (χ1) is 16.9. The number of nitrogens with zero attached hydrogens (tertiary/aromatic N) is 2. The quantitative estimate of drug-likeness (QED) is 0.431. The van der Waals surface area contributed by atoms with Crippen molar-refractivity contribution in [2.24, 2.45) is 0 Å². The van der Waals surface area contributed by atoms with Crippen LogP contribution in [-0.4, -0.2) is 30.3 Å². The minimum Gasteiger partial charge on any atom is -0.452 e. The third-order valence-electron chi connectivity index (χ3n) is 6.10. The number of esters is 1. The number of benzene rings is 2. The van der Waals surface area contributed by atoms with Gasteiger partial charge in [-0.25, -0.2) is 9.69 Å². The van der Waals surface area contributed by atoms with E-state index in [4.69, 9.17) is 4.74 Å². The monoisotopic (exact) mass is 485 g/mol. The molecule has 2 aliphatic rings. The first kappa shape index (κ1) is 22.5. The van der Waals surface area contributed by atoms with Gasteiger partial charge in [0.2, 0.25) is 0 Å². The summed E-state index contributed by atoms with van der Waals surface area (Å²) in [6.07, 6.45) is 2.71. The number of ether oxygens (including phenoxy) is 1. The minimum absolute atomic E-state index is 0.0529. The molecular weight excluding hydrogens is 466 g/mol. The number of aryl methyl sites for hydroxylation is 2. The molecule has 1 aromatic heterocycles. The van der Waals surface area contributed by atoms with Crippen LogP contribution in [0.5, 0.6) is 0 Å². The van der Waals surface area contributed by atoms with Crippen LogP contribution in [0.2, 0.25) is 0 Å². The Hall–Kier alpha value is -4.29. The van der Waals surface area contributed by atoms with Gasteiger partial charge in [-0.1, -0.05) is 18.2 Å². The van der Waals surface area contributed by atoms with E-state index in [0.717, 1.165) is 40.2 Å². The molecule has 1 aliphatic heterocycles. The highest BCUT2D eigenvalue weighted by Gasteiger charge is 2.37. The molecule has 0 bridgehead atoms. The number of nitrogens with one attached hydrogen (secondary N) is 1. The van der Waals surface area contributed by atoms with E-state index < -0.39 is 30.3 Å². The molecule has 0 unspecified atom stereocenters. The van der Waals surface area contributed by atoms with E-state index in [1.54, 1.807) is 25.1 Å². The lowest BCUT2D eigenvalue weighted by Gasteiger charge is -2.16. The van der Waals surface area contributed by atoms with Crippen LogP contribution in [0, 0.1) is 18.3 Å². The number of hydrogen-bond donors (Lipinski definition) is 1. The Morgan fingerprint density at radius 1 is 1.11 bits per heavy atom. The van der Waals surface area contributed by atoms with Gasteiger partial charge >= 0.3 is 5.97 Å². The Balaban J connectivity index is 1.27. The lowest BCUT2D eigenvalue weighted by Crippen LogP contribution is -2.29. The number of para-hydroxylation sites is 1. The largest absolute Gasteiger partial charge is 0.452 e. The number of rotatable bonds is 5. The Bertz CT molecular complexity index is 1470. The van der Waals surface area contributed by atoms with Crippen molar-refractivity contribution in [2.75, 3.05) is 16.8 Å². The topological polar surface area (TPSA) is 117 Å². The van der Waals surface area contributed by atoms with Gasteiger partial charge in [-0.15, -0.1) is 11.3 Å². The van der Waals surface area contributed by atoms with Gasteiger partial charge in [0.15, 0.2) is 6.61 Å². The summed E-state index contributed by atoms with van der Waals surface area (Å²) in [4.78, 5) is 53.0. The zero-order valence-corrected chi connectivity index (χ0v) is 19.5. The van der Waals surface area contributed by atoms with Crippen LogP contribution in [-0.2, 0) is 22.4 Å². The van der Waals surface area contributed by atoms with E-state index in [1.165, 1.54) is 29.5 Å². The number of imide groups is 1. The average Bonchev–Trinajstić information content (AvgIpc) is 3.50. The Morgan fingerprint density at radius 2 is 1.89 bits per heavy atom. The van der Waals surface area contributed by atoms with Crippen molar-refractivity contribution in [1.82, 2.24) is 0 Å². The van der Waals surface area contributed by atoms with E-state index in [1.807, 2.05) is 6.07 Å². The molecule has 2 aromatic carbocycles. The second-order valence-corrected chi connectivity index (χ2v) is 9.40. The number of carbonyl (C=O) groups is 4. The number of hydrogen-bond acceptors (Lipinski definition) is 7. The summed E-state index contributed by atoms with van der Waals surface area (Å²) in [5, 5.41) is 12.6. The van der Waals surface area contributed by atoms with E-state index in [9.17, 15) is 24.4 Å². The summed E-state index contributed by atoms with van der Waals surface area (Å²) in [7, 11) is 0. The maximum absolute atomic E-state index is 13.0. The molecule has 0 fully saturated rings. The van der Waals surface area contributed by atoms with Crippen molar-refractivity contribution in [3.05, 3.63) is 80.7 Å². The average molecular weight is 486 g/mol. The molecule has 0 saturated heterocycles. The van der Waals surface area contributed by atoms with Crippen molar-refractivity contribution in [1.29, 1.82) is 5.26 Å². The number of thiophene rings is 1. The molecule has 0 saturated carbocycles. The number of fused-ring (bicyclic) bond motifs is 2. The SMILES string of the molecule is Cc1ccccc1N1C(=O)c2ccc(C(=O)OCC(=O)Nc3sc4c(c3C#N)CCC4)cc2C1=O. The lowest BCUT2D eigenvalue weighted by atomic mass is 10.1. The summed E-state index contributed by atoms with van der Waals surface area (Å²) in [6, 6.07) is 13.3. The zero-order valence-electron chi connectivity index (χ0n) is 18.7. The van der Waals surface area contributed by atoms with Crippen molar-refractivity contribution < 1.29 is 23.9 Å². The number of nitriles is 1. The second-order valence-electron chi connectivity index (χ2n) is 8.29. The number of carbonyl (C=O) groups excluding carboxylic acids is 4. The molecule has 35 heavy (non-hydrogen) atoms. The first-order valence-corrected chi connectivity index (χ1v) is 11.8. The predicted molar refractivity (Wildman–Crippen MR) is 129 cm³/mol. The van der Waals surface area contributed by atoms with Crippen molar-refractivity contribution in [2.45, 2.75) is 26.2 Å². The molecule has 1 N–H and O–H groups in total. The Labute approximate surface area is 204 Å². The normalized spacial score (nSPS) is 13.9. The van der Waals surface area contributed by atoms with Gasteiger partial charge in [0.25, 0.3) is 17.7 Å². The molecule has 0 atom stereocenters. The van der Waals surface area contributed by atoms with Crippen molar-refractivity contribution in [3.63, 3.8) is 0 Å². The fraction of sp³-hybridized carbons (Fsp3) is 0.192. The Kier molecular flexibility index (Phi) is 5.67. The molecule has 2 heterocycles. The molecule has 9 heteroatoms. The van der Waals surface area contributed by atoms with Crippen LogP contribution in [0.3, 0.4) is 0 Å². The van der Waals surface area contributed by atoms with E-state index >= 15 is 0 Å². The molecule has 5 rings (SSSR count). The third-order valence-corrected chi connectivity index (χ3v) is 7.31. The van der Waals surface area contributed by atoms with Gasteiger partial charge in [-0.05, 0) is 61.6 Å². The van der Waals surface area contributed by atoms with Gasteiger partial charge in [-0.2, -0.15) is 5.26 Å². The van der Waals surface area contributed by atoms with Gasteiger partial charge in [-0.3, -0.25) is 14.4 Å². The van der Waals surface area contributed by atoms with Gasteiger partial charge in [0, 0.05) is 4.88 Å². The third kappa shape index (κ3) is 3.88. The van der Waals surface area contributed by atoms with Gasteiger partial charge in [0.05, 0.1) is 27.9 Å². The van der Waals surface area contributed by atoms with Crippen molar-refractivity contribution >= 4 is 45.7 Å². The van der Waals surface area contributed by atoms with E-state index in [0.29, 0.717) is 16.3 Å². The molecule has 3 amide bonds. The molecule has 1 aliphatic carbocycles. The molecule has 0 spiro atoms. The van der Waals surface area contributed by atoms with Crippen LogP contribution < -0.4 is 10.2 Å². The van der Waals surface area contributed by atoms with Crippen LogP contribution >= 0.6 is 11.3 Å². The summed E-state index contributed by atoms with van der Waals surface area (Å²) < 4.78 is 5.13. The van der Waals surface area contributed by atoms with Crippen LogP contribution in [0.25, 0.3) is 0 Å². The molecule has 174 valence electrons. The first-order valence-electron chi connectivity index (χ1n) is 11.0. The fourth-order valence-corrected chi connectivity index (χ4v) is 5.64. The van der Waals surface area contributed by atoms with Gasteiger partial charge < -0.3 is 10.1 Å². The standard InChI is InChI=1S/C26H19N3O5S/c1-14-5-2-3-7-20(14)29-24(31)17-10-9-15(11-18(17)25(29)32)26(33)34-13-22(30)28-23-19(12-27)16-6-4-8-21(16)35-23/h2-3,5,7,9-11H,4,6,8,13H2,1H3,(H,28,30). The lowest BCUT2D eigenvalue weighted by molar-refractivity contribution is -0.119. The van der Waals surface area contributed by atoms with Gasteiger partial charge in [0.1, 0.15) is 11.1 Å². The molecule has 0 radical (unpaired) electrons. The number of anilines is 2. The van der Waals surface area contributed by atoms with E-state index in [2.05, 4.69) is 11.4 Å². The summed E-state index contributed by atoms with van der Waals surface area (Å²) in [5.74, 6) is -2.35. The van der Waals surface area contributed by atoms with Crippen molar-refractivity contribution in [3.8, 4) is 6.07 Å². The second kappa shape index (κ2) is 8.81. The highest BCUT2D eigenvalue weighted by molar-refractivity contribution is 7.16. The minimum atomic E-state index is -0.799. The maximum Gasteiger partial charge on any atom is 0.338 e.